The Kier molecular flexibility index (Phi) is 4.80. The lowest BCUT2D eigenvalue weighted by Gasteiger charge is -2.19. The Bertz CT molecular complexity index is 1110. The zero-order valence-electron chi connectivity index (χ0n) is 15.2. The van der Waals surface area contributed by atoms with Gasteiger partial charge in [-0.3, -0.25) is 14.8 Å². The van der Waals surface area contributed by atoms with E-state index < -0.39 is 6.04 Å². The van der Waals surface area contributed by atoms with Gasteiger partial charge in [0.2, 0.25) is 0 Å². The molecule has 0 aliphatic rings. The summed E-state index contributed by atoms with van der Waals surface area (Å²) in [7, 11) is 0. The molecule has 4 aromatic rings. The second-order valence-electron chi connectivity index (χ2n) is 6.31. The lowest BCUT2D eigenvalue weighted by molar-refractivity contribution is 0.0937. The summed E-state index contributed by atoms with van der Waals surface area (Å²) in [6.07, 6.45) is 9.91. The van der Waals surface area contributed by atoms with Crippen molar-refractivity contribution in [1.82, 2.24) is 24.8 Å². The first-order valence-corrected chi connectivity index (χ1v) is 8.92. The fraction of sp³-hybridized carbons (Fsp3) is 0.143. The van der Waals surface area contributed by atoms with E-state index in [4.69, 9.17) is 0 Å². The number of halogens is 1. The first kappa shape index (κ1) is 17.8. The second-order valence-corrected chi connectivity index (χ2v) is 6.31. The average Bonchev–Trinajstić information content (AvgIpc) is 3.12. The highest BCUT2D eigenvalue weighted by atomic mass is 19.1. The highest BCUT2D eigenvalue weighted by Gasteiger charge is 2.23. The number of fused-ring (bicyclic) bond motifs is 1. The second kappa shape index (κ2) is 7.56. The number of aromatic nitrogens is 4. The van der Waals surface area contributed by atoms with Crippen molar-refractivity contribution in [2.45, 2.75) is 19.5 Å². The Morgan fingerprint density at radius 3 is 2.61 bits per heavy atom. The number of carbonyl (C=O) groups excluding carboxylic acids is 1. The molecule has 0 fully saturated rings. The number of carbonyl (C=O) groups is 1. The van der Waals surface area contributed by atoms with Crippen molar-refractivity contribution in [3.8, 4) is 0 Å². The number of pyridine rings is 1. The van der Waals surface area contributed by atoms with Crippen molar-refractivity contribution in [3.05, 3.63) is 90.2 Å². The highest BCUT2D eigenvalue weighted by Crippen LogP contribution is 2.31. The van der Waals surface area contributed by atoms with Crippen molar-refractivity contribution in [2.24, 2.45) is 0 Å². The molecule has 3 heterocycles. The smallest absolute Gasteiger partial charge is 0.272 e. The number of amides is 1. The quantitative estimate of drug-likeness (QED) is 0.579. The van der Waals surface area contributed by atoms with Crippen LogP contribution in [0.5, 0.6) is 0 Å². The number of hydrogen-bond acceptors (Lipinski definition) is 4. The molecule has 28 heavy (non-hydrogen) atoms. The highest BCUT2D eigenvalue weighted by molar-refractivity contribution is 5.93. The molecule has 0 radical (unpaired) electrons. The lowest BCUT2D eigenvalue weighted by atomic mass is 9.98. The predicted octanol–water partition coefficient (Wildman–Crippen LogP) is 3.50. The predicted molar refractivity (Wildman–Crippen MR) is 103 cm³/mol. The molecular formula is C21H18FN5O. The summed E-state index contributed by atoms with van der Waals surface area (Å²) in [5.74, 6) is -0.684. The summed E-state index contributed by atoms with van der Waals surface area (Å²) in [5, 5.41) is 3.99. The van der Waals surface area contributed by atoms with Crippen molar-refractivity contribution in [2.75, 3.05) is 0 Å². The molecule has 1 N–H and O–H groups in total. The molecule has 0 spiro atoms. The Labute approximate surface area is 161 Å². The van der Waals surface area contributed by atoms with Gasteiger partial charge < -0.3 is 9.88 Å². The number of hydrogen-bond donors (Lipinski definition) is 1. The number of benzene rings is 1. The number of nitrogens with zero attached hydrogens (tertiary/aromatic N) is 4. The summed E-state index contributed by atoms with van der Waals surface area (Å²) >= 11 is 0. The van der Waals surface area contributed by atoms with Crippen LogP contribution in [0.25, 0.3) is 10.9 Å². The Morgan fingerprint density at radius 2 is 1.89 bits per heavy atom. The number of aryl methyl sites for hydroxylation is 1. The fourth-order valence-electron chi connectivity index (χ4n) is 3.28. The zero-order valence-corrected chi connectivity index (χ0v) is 15.2. The maximum atomic E-state index is 13.5. The van der Waals surface area contributed by atoms with Crippen LogP contribution in [0.4, 0.5) is 4.39 Å². The van der Waals surface area contributed by atoms with E-state index in [-0.39, 0.29) is 17.4 Å². The Hall–Kier alpha value is -3.61. The number of nitrogens with one attached hydrogen (secondary N) is 1. The molecule has 140 valence electrons. The first-order chi connectivity index (χ1) is 13.7. The monoisotopic (exact) mass is 375 g/mol. The van der Waals surface area contributed by atoms with E-state index in [1.807, 2.05) is 19.2 Å². The molecule has 3 aromatic heterocycles. The number of rotatable bonds is 5. The molecule has 0 saturated heterocycles. The van der Waals surface area contributed by atoms with Gasteiger partial charge in [-0.2, -0.15) is 0 Å². The summed E-state index contributed by atoms with van der Waals surface area (Å²) in [6, 6.07) is 7.56. The third kappa shape index (κ3) is 3.34. The molecule has 0 saturated carbocycles. The van der Waals surface area contributed by atoms with Crippen LogP contribution < -0.4 is 5.32 Å². The Balaban J connectivity index is 1.82. The van der Waals surface area contributed by atoms with Gasteiger partial charge in [0, 0.05) is 42.3 Å². The topological polar surface area (TPSA) is 72.7 Å². The third-order valence-electron chi connectivity index (χ3n) is 4.64. The van der Waals surface area contributed by atoms with Crippen molar-refractivity contribution in [1.29, 1.82) is 0 Å². The van der Waals surface area contributed by atoms with Crippen LogP contribution in [-0.2, 0) is 6.54 Å². The first-order valence-electron chi connectivity index (χ1n) is 8.92. The minimum atomic E-state index is -0.479. The maximum absolute atomic E-state index is 13.5. The van der Waals surface area contributed by atoms with E-state index >= 15 is 0 Å². The summed E-state index contributed by atoms with van der Waals surface area (Å²) in [6.45, 7) is 2.80. The van der Waals surface area contributed by atoms with Crippen LogP contribution in [0.2, 0.25) is 0 Å². The van der Waals surface area contributed by atoms with Gasteiger partial charge in [-0.15, -0.1) is 0 Å². The summed E-state index contributed by atoms with van der Waals surface area (Å²) < 4.78 is 15.5. The molecular weight excluding hydrogens is 357 g/mol. The Morgan fingerprint density at radius 1 is 1.11 bits per heavy atom. The molecule has 6 nitrogen and oxygen atoms in total. The van der Waals surface area contributed by atoms with Crippen LogP contribution >= 0.6 is 0 Å². The maximum Gasteiger partial charge on any atom is 0.272 e. The molecule has 0 bridgehead atoms. The minimum absolute atomic E-state index is 0.218. The van der Waals surface area contributed by atoms with Gasteiger partial charge in [0.15, 0.2) is 0 Å². The van der Waals surface area contributed by atoms with Gasteiger partial charge in [-0.05, 0) is 30.7 Å². The van der Waals surface area contributed by atoms with Crippen LogP contribution in [0.3, 0.4) is 0 Å². The van der Waals surface area contributed by atoms with Crippen LogP contribution in [0.15, 0.2) is 67.5 Å². The van der Waals surface area contributed by atoms with Crippen molar-refractivity contribution >= 4 is 16.8 Å². The van der Waals surface area contributed by atoms with Crippen LogP contribution in [0.1, 0.15) is 34.6 Å². The van der Waals surface area contributed by atoms with E-state index in [0.29, 0.717) is 0 Å². The van der Waals surface area contributed by atoms with E-state index in [1.54, 1.807) is 24.5 Å². The standard InChI is InChI=1S/C21H18FN5O/c1-2-27-13-17(16-7-8-23-12-19(16)27)20(14-3-5-15(22)6-4-14)26-21(28)18-11-24-9-10-25-18/h3-13,20H,2H2,1H3,(H,26,28)/t20-/m1/s1. The normalized spacial score (nSPS) is 12.1. The zero-order chi connectivity index (χ0) is 19.5. The van der Waals surface area contributed by atoms with Gasteiger partial charge in [0.05, 0.1) is 24.0 Å². The molecule has 0 aliphatic carbocycles. The third-order valence-corrected chi connectivity index (χ3v) is 4.64. The summed E-state index contributed by atoms with van der Waals surface area (Å²) in [5.41, 5.74) is 2.87. The molecule has 1 atom stereocenters. The van der Waals surface area contributed by atoms with Crippen molar-refractivity contribution in [3.63, 3.8) is 0 Å². The van der Waals surface area contributed by atoms with Gasteiger partial charge >= 0.3 is 0 Å². The van der Waals surface area contributed by atoms with E-state index in [1.165, 1.54) is 30.7 Å². The van der Waals surface area contributed by atoms with Gasteiger partial charge in [0.1, 0.15) is 11.5 Å². The van der Waals surface area contributed by atoms with E-state index in [2.05, 4.69) is 24.8 Å². The van der Waals surface area contributed by atoms with Crippen molar-refractivity contribution < 1.29 is 9.18 Å². The van der Waals surface area contributed by atoms with E-state index in [0.717, 1.165) is 28.6 Å². The summed E-state index contributed by atoms with van der Waals surface area (Å²) in [4.78, 5) is 25.0. The van der Waals surface area contributed by atoms with Gasteiger partial charge in [0.25, 0.3) is 5.91 Å². The molecule has 0 aliphatic heterocycles. The van der Waals surface area contributed by atoms with E-state index in [9.17, 15) is 9.18 Å². The van der Waals surface area contributed by atoms with Crippen LogP contribution in [-0.4, -0.2) is 25.4 Å². The fourth-order valence-corrected chi connectivity index (χ4v) is 3.28. The SMILES string of the molecule is CCn1cc([C@H](NC(=O)c2cnccn2)c2ccc(F)cc2)c2ccncc21. The molecule has 7 heteroatoms. The van der Waals surface area contributed by atoms with Gasteiger partial charge in [-0.1, -0.05) is 12.1 Å². The molecule has 0 unspecified atom stereocenters. The largest absolute Gasteiger partial charge is 0.346 e. The van der Waals surface area contributed by atoms with Crippen LogP contribution in [0, 0.1) is 5.82 Å². The average molecular weight is 375 g/mol. The molecule has 4 rings (SSSR count). The van der Waals surface area contributed by atoms with Gasteiger partial charge in [-0.25, -0.2) is 9.37 Å². The minimum Gasteiger partial charge on any atom is -0.346 e. The molecule has 1 aromatic carbocycles. The lowest BCUT2D eigenvalue weighted by Crippen LogP contribution is -2.30. The molecule has 1 amide bonds.